The molecule has 0 amide bonds. The zero-order valence-electron chi connectivity index (χ0n) is 12.1. The average molecular weight is 268 g/mol. The quantitative estimate of drug-likeness (QED) is 0.857. The van der Waals surface area contributed by atoms with Crippen LogP contribution in [0.1, 0.15) is 35.1 Å². The second-order valence-corrected chi connectivity index (χ2v) is 5.54. The van der Waals surface area contributed by atoms with Gasteiger partial charge in [-0.15, -0.1) is 0 Å². The molecule has 1 aliphatic rings. The highest BCUT2D eigenvalue weighted by Gasteiger charge is 2.26. The Bertz CT molecular complexity index is 597. The summed E-state index contributed by atoms with van der Waals surface area (Å²) in [5, 5.41) is 0. The summed E-state index contributed by atoms with van der Waals surface area (Å²) in [5.74, 6) is 1.45. The van der Waals surface area contributed by atoms with Gasteiger partial charge in [0.1, 0.15) is 5.82 Å². The maximum absolute atomic E-state index is 4.56. The molecule has 2 aromatic rings. The largest absolute Gasteiger partial charge is 0.297 e. The van der Waals surface area contributed by atoms with Crippen LogP contribution >= 0.6 is 0 Å². The maximum atomic E-state index is 4.56. The van der Waals surface area contributed by atoms with Gasteiger partial charge in [0.15, 0.2) is 0 Å². The highest BCUT2D eigenvalue weighted by atomic mass is 15.2. The zero-order valence-corrected chi connectivity index (χ0v) is 12.1. The third kappa shape index (κ3) is 2.85. The Labute approximate surface area is 119 Å². The van der Waals surface area contributed by atoms with E-state index in [4.69, 9.17) is 0 Å². The minimum absolute atomic E-state index is 0.457. The van der Waals surface area contributed by atoms with E-state index in [9.17, 15) is 0 Å². The fraction of sp³-hybridized carbons (Fsp3) is 0.438. The average Bonchev–Trinajstić information content (AvgIpc) is 2.90. The van der Waals surface area contributed by atoms with E-state index < -0.39 is 0 Å². The number of hydrogen-bond acceptors (Lipinski definition) is 4. The topological polar surface area (TPSA) is 41.9 Å². The number of hydrogen-bond donors (Lipinski definition) is 0. The van der Waals surface area contributed by atoms with E-state index in [-0.39, 0.29) is 0 Å². The molecule has 4 heteroatoms. The molecule has 3 heterocycles. The van der Waals surface area contributed by atoms with Gasteiger partial charge in [0.2, 0.25) is 0 Å². The summed E-state index contributed by atoms with van der Waals surface area (Å²) in [6, 6.07) is 6.07. The molecule has 0 unspecified atom stereocenters. The van der Waals surface area contributed by atoms with Gasteiger partial charge in [-0.2, -0.15) is 0 Å². The lowest BCUT2D eigenvalue weighted by Gasteiger charge is -2.16. The van der Waals surface area contributed by atoms with Gasteiger partial charge in [0.05, 0.1) is 5.69 Å². The number of rotatable bonds is 3. The first-order valence-electron chi connectivity index (χ1n) is 7.15. The fourth-order valence-electron chi connectivity index (χ4n) is 2.75. The van der Waals surface area contributed by atoms with Crippen LogP contribution in [0.2, 0.25) is 0 Å². The molecule has 3 rings (SSSR count). The van der Waals surface area contributed by atoms with E-state index in [1.54, 1.807) is 0 Å². The Hall–Kier alpha value is -1.81. The molecule has 0 spiro atoms. The summed E-state index contributed by atoms with van der Waals surface area (Å²) in [6.45, 7) is 7.20. The van der Waals surface area contributed by atoms with Crippen LogP contribution in [0.15, 0.2) is 30.6 Å². The second kappa shape index (κ2) is 5.67. The summed E-state index contributed by atoms with van der Waals surface area (Å²) in [4.78, 5) is 15.9. The molecule has 20 heavy (non-hydrogen) atoms. The van der Waals surface area contributed by atoms with Gasteiger partial charge < -0.3 is 0 Å². The molecule has 0 N–H and O–H groups in total. The lowest BCUT2D eigenvalue weighted by atomic mass is 10.1. The van der Waals surface area contributed by atoms with Crippen molar-refractivity contribution in [2.45, 2.75) is 32.7 Å². The van der Waals surface area contributed by atoms with Gasteiger partial charge in [-0.1, -0.05) is 6.07 Å². The van der Waals surface area contributed by atoms with Crippen molar-refractivity contribution in [1.29, 1.82) is 0 Å². The molecular formula is C16H20N4. The van der Waals surface area contributed by atoms with E-state index in [2.05, 4.69) is 32.8 Å². The van der Waals surface area contributed by atoms with E-state index in [0.29, 0.717) is 5.92 Å². The number of aromatic nitrogens is 3. The van der Waals surface area contributed by atoms with Crippen molar-refractivity contribution in [2.75, 3.05) is 13.1 Å². The standard InChI is InChI=1S/C16H20N4/c1-12-4-3-7-17-15(12)11-20-9-6-14(10-20)16-18-8-5-13(2)19-16/h3-5,7-8,14H,6,9-11H2,1-2H3/t14-/m1/s1. The minimum Gasteiger partial charge on any atom is -0.297 e. The zero-order chi connectivity index (χ0) is 13.9. The third-order valence-electron chi connectivity index (χ3n) is 3.94. The fourth-order valence-corrected chi connectivity index (χ4v) is 2.75. The Morgan fingerprint density at radius 3 is 2.90 bits per heavy atom. The van der Waals surface area contributed by atoms with Crippen molar-refractivity contribution in [2.24, 2.45) is 0 Å². The molecular weight excluding hydrogens is 248 g/mol. The van der Waals surface area contributed by atoms with Crippen molar-refractivity contribution < 1.29 is 0 Å². The molecule has 1 saturated heterocycles. The Balaban J connectivity index is 1.67. The Morgan fingerprint density at radius 2 is 2.10 bits per heavy atom. The van der Waals surface area contributed by atoms with Crippen LogP contribution in [0.3, 0.4) is 0 Å². The first kappa shape index (κ1) is 13.2. The van der Waals surface area contributed by atoms with Crippen LogP contribution in [-0.4, -0.2) is 32.9 Å². The van der Waals surface area contributed by atoms with Crippen molar-refractivity contribution >= 4 is 0 Å². The molecule has 104 valence electrons. The number of likely N-dealkylation sites (tertiary alicyclic amines) is 1. The number of aryl methyl sites for hydroxylation is 2. The van der Waals surface area contributed by atoms with Crippen molar-refractivity contribution in [3.8, 4) is 0 Å². The summed E-state index contributed by atoms with van der Waals surface area (Å²) >= 11 is 0. The lowest BCUT2D eigenvalue weighted by molar-refractivity contribution is 0.321. The summed E-state index contributed by atoms with van der Waals surface area (Å²) in [7, 11) is 0. The highest BCUT2D eigenvalue weighted by Crippen LogP contribution is 2.25. The Kier molecular flexibility index (Phi) is 3.74. The van der Waals surface area contributed by atoms with Crippen LogP contribution in [0, 0.1) is 13.8 Å². The SMILES string of the molecule is Cc1ccnc([C@@H]2CCN(Cc3ncccc3C)C2)n1. The van der Waals surface area contributed by atoms with Gasteiger partial charge in [0.25, 0.3) is 0 Å². The number of pyridine rings is 1. The predicted molar refractivity (Wildman–Crippen MR) is 78.4 cm³/mol. The van der Waals surface area contributed by atoms with Crippen molar-refractivity contribution in [1.82, 2.24) is 19.9 Å². The van der Waals surface area contributed by atoms with Crippen molar-refractivity contribution in [3.05, 3.63) is 53.4 Å². The molecule has 1 fully saturated rings. The van der Waals surface area contributed by atoms with Gasteiger partial charge >= 0.3 is 0 Å². The summed E-state index contributed by atoms with van der Waals surface area (Å²) in [5.41, 5.74) is 3.50. The molecule has 2 aromatic heterocycles. The second-order valence-electron chi connectivity index (χ2n) is 5.54. The van der Waals surface area contributed by atoms with Crippen LogP contribution in [0.25, 0.3) is 0 Å². The van der Waals surface area contributed by atoms with Gasteiger partial charge in [-0.3, -0.25) is 9.88 Å². The van der Waals surface area contributed by atoms with Gasteiger partial charge in [0, 0.05) is 37.1 Å². The van der Waals surface area contributed by atoms with E-state index in [1.807, 2.05) is 31.5 Å². The summed E-state index contributed by atoms with van der Waals surface area (Å²) < 4.78 is 0. The highest BCUT2D eigenvalue weighted by molar-refractivity contribution is 5.18. The Morgan fingerprint density at radius 1 is 1.20 bits per heavy atom. The van der Waals surface area contributed by atoms with Crippen LogP contribution in [0.4, 0.5) is 0 Å². The van der Waals surface area contributed by atoms with Gasteiger partial charge in [-0.05, 0) is 44.5 Å². The molecule has 0 radical (unpaired) electrons. The van der Waals surface area contributed by atoms with E-state index in [1.165, 1.54) is 11.3 Å². The monoisotopic (exact) mass is 268 g/mol. The molecule has 0 aliphatic carbocycles. The molecule has 0 saturated carbocycles. The summed E-state index contributed by atoms with van der Waals surface area (Å²) in [6.07, 6.45) is 4.87. The first-order chi connectivity index (χ1) is 9.72. The molecule has 1 atom stereocenters. The lowest BCUT2D eigenvalue weighted by Crippen LogP contribution is -2.21. The molecule has 0 bridgehead atoms. The molecule has 0 aromatic carbocycles. The van der Waals surface area contributed by atoms with Crippen LogP contribution in [0.5, 0.6) is 0 Å². The first-order valence-corrected chi connectivity index (χ1v) is 7.15. The van der Waals surface area contributed by atoms with E-state index >= 15 is 0 Å². The minimum atomic E-state index is 0.457. The predicted octanol–water partition coefficient (Wildman–Crippen LogP) is 2.48. The number of nitrogens with zero attached hydrogens (tertiary/aromatic N) is 4. The van der Waals surface area contributed by atoms with Crippen LogP contribution in [-0.2, 0) is 6.54 Å². The van der Waals surface area contributed by atoms with Crippen molar-refractivity contribution in [3.63, 3.8) is 0 Å². The van der Waals surface area contributed by atoms with E-state index in [0.717, 1.165) is 37.6 Å². The maximum Gasteiger partial charge on any atom is 0.132 e. The normalized spacial score (nSPS) is 19.4. The van der Waals surface area contributed by atoms with Gasteiger partial charge in [-0.25, -0.2) is 9.97 Å². The van der Waals surface area contributed by atoms with Crippen LogP contribution < -0.4 is 0 Å². The smallest absolute Gasteiger partial charge is 0.132 e. The molecule has 1 aliphatic heterocycles. The third-order valence-corrected chi connectivity index (χ3v) is 3.94. The molecule has 4 nitrogen and oxygen atoms in total.